The fourth-order valence-corrected chi connectivity index (χ4v) is 2.67. The first kappa shape index (κ1) is 14.5. The van der Waals surface area contributed by atoms with Crippen molar-refractivity contribution in [3.63, 3.8) is 0 Å². The first-order valence-corrected chi connectivity index (χ1v) is 7.42. The van der Waals surface area contributed by atoms with Gasteiger partial charge in [-0.1, -0.05) is 49.4 Å². The van der Waals surface area contributed by atoms with E-state index in [9.17, 15) is 9.59 Å². The SMILES string of the molecule is CCN(Cc1ccccc1)CN1C(=O)c2ccccc2C1=O. The summed E-state index contributed by atoms with van der Waals surface area (Å²) in [5, 5.41) is 0. The average molecular weight is 294 g/mol. The molecule has 22 heavy (non-hydrogen) atoms. The van der Waals surface area contributed by atoms with Crippen molar-refractivity contribution in [1.29, 1.82) is 0 Å². The molecule has 1 aliphatic rings. The Hall–Kier alpha value is -2.46. The summed E-state index contributed by atoms with van der Waals surface area (Å²) in [6, 6.07) is 17.0. The van der Waals surface area contributed by atoms with Gasteiger partial charge in [0.1, 0.15) is 0 Å². The molecule has 0 aliphatic carbocycles. The van der Waals surface area contributed by atoms with Crippen molar-refractivity contribution in [1.82, 2.24) is 9.80 Å². The van der Waals surface area contributed by atoms with Gasteiger partial charge in [-0.2, -0.15) is 0 Å². The maximum atomic E-state index is 12.4. The van der Waals surface area contributed by atoms with E-state index >= 15 is 0 Å². The molecule has 112 valence electrons. The van der Waals surface area contributed by atoms with Crippen LogP contribution in [0.15, 0.2) is 54.6 Å². The van der Waals surface area contributed by atoms with Crippen molar-refractivity contribution >= 4 is 11.8 Å². The smallest absolute Gasteiger partial charge is 0.262 e. The number of rotatable bonds is 5. The zero-order valence-electron chi connectivity index (χ0n) is 12.5. The van der Waals surface area contributed by atoms with Crippen molar-refractivity contribution < 1.29 is 9.59 Å². The second-order valence-corrected chi connectivity index (χ2v) is 5.36. The van der Waals surface area contributed by atoms with E-state index in [4.69, 9.17) is 0 Å². The second-order valence-electron chi connectivity index (χ2n) is 5.36. The summed E-state index contributed by atoms with van der Waals surface area (Å²) in [6.07, 6.45) is 0. The highest BCUT2D eigenvalue weighted by molar-refractivity contribution is 6.21. The van der Waals surface area contributed by atoms with Crippen LogP contribution in [0.4, 0.5) is 0 Å². The minimum atomic E-state index is -0.202. The predicted molar refractivity (Wildman–Crippen MR) is 84.3 cm³/mol. The van der Waals surface area contributed by atoms with Crippen LogP contribution in [0, 0.1) is 0 Å². The first-order chi connectivity index (χ1) is 10.7. The third-order valence-corrected chi connectivity index (χ3v) is 3.92. The largest absolute Gasteiger partial charge is 0.282 e. The van der Waals surface area contributed by atoms with Crippen LogP contribution in [0.2, 0.25) is 0 Å². The lowest BCUT2D eigenvalue weighted by atomic mass is 10.1. The molecule has 0 aromatic heterocycles. The Bertz CT molecular complexity index is 662. The number of carbonyl (C=O) groups excluding carboxylic acids is 2. The van der Waals surface area contributed by atoms with E-state index in [1.807, 2.05) is 37.3 Å². The molecule has 0 atom stereocenters. The Labute approximate surface area is 130 Å². The van der Waals surface area contributed by atoms with Gasteiger partial charge >= 0.3 is 0 Å². The molecule has 0 bridgehead atoms. The van der Waals surface area contributed by atoms with Gasteiger partial charge in [-0.15, -0.1) is 0 Å². The maximum Gasteiger partial charge on any atom is 0.262 e. The summed E-state index contributed by atoms with van der Waals surface area (Å²) in [5.74, 6) is -0.403. The second kappa shape index (κ2) is 6.12. The van der Waals surface area contributed by atoms with Gasteiger partial charge in [0.05, 0.1) is 17.8 Å². The Kier molecular flexibility index (Phi) is 4.02. The number of nitrogens with zero attached hydrogens (tertiary/aromatic N) is 2. The summed E-state index contributed by atoms with van der Waals surface area (Å²) < 4.78 is 0. The topological polar surface area (TPSA) is 40.6 Å². The highest BCUT2D eigenvalue weighted by atomic mass is 16.2. The number of hydrogen-bond donors (Lipinski definition) is 0. The van der Waals surface area contributed by atoms with E-state index in [1.165, 1.54) is 10.5 Å². The molecule has 2 aromatic rings. The van der Waals surface area contributed by atoms with Gasteiger partial charge in [0.2, 0.25) is 0 Å². The quantitative estimate of drug-likeness (QED) is 0.796. The molecule has 0 N–H and O–H groups in total. The molecular weight excluding hydrogens is 276 g/mol. The number of fused-ring (bicyclic) bond motifs is 1. The molecule has 2 aromatic carbocycles. The lowest BCUT2D eigenvalue weighted by molar-refractivity contribution is 0.0538. The molecule has 3 rings (SSSR count). The van der Waals surface area contributed by atoms with Crippen molar-refractivity contribution in [3.05, 3.63) is 71.3 Å². The van der Waals surface area contributed by atoms with Gasteiger partial charge in [-0.3, -0.25) is 19.4 Å². The summed E-state index contributed by atoms with van der Waals surface area (Å²) in [6.45, 7) is 3.83. The van der Waals surface area contributed by atoms with Crippen LogP contribution in [0.1, 0.15) is 33.2 Å². The molecule has 1 aliphatic heterocycles. The number of amides is 2. The van der Waals surface area contributed by atoms with Crippen LogP contribution < -0.4 is 0 Å². The van der Waals surface area contributed by atoms with E-state index in [2.05, 4.69) is 4.90 Å². The summed E-state index contributed by atoms with van der Waals surface area (Å²) >= 11 is 0. The van der Waals surface area contributed by atoms with Gasteiger partial charge in [0.15, 0.2) is 0 Å². The van der Waals surface area contributed by atoms with Crippen LogP contribution in [0.5, 0.6) is 0 Å². The molecule has 0 spiro atoms. The van der Waals surface area contributed by atoms with E-state index in [-0.39, 0.29) is 11.8 Å². The molecule has 0 radical (unpaired) electrons. The van der Waals surface area contributed by atoms with Crippen LogP contribution >= 0.6 is 0 Å². The predicted octanol–water partition coefficient (Wildman–Crippen LogP) is 2.76. The molecule has 0 unspecified atom stereocenters. The monoisotopic (exact) mass is 294 g/mol. The zero-order chi connectivity index (χ0) is 15.5. The Morgan fingerprint density at radius 3 is 1.95 bits per heavy atom. The fourth-order valence-electron chi connectivity index (χ4n) is 2.67. The highest BCUT2D eigenvalue weighted by Gasteiger charge is 2.35. The molecular formula is C18H18N2O2. The van der Waals surface area contributed by atoms with Crippen LogP contribution in [-0.2, 0) is 6.54 Å². The van der Waals surface area contributed by atoms with Crippen molar-refractivity contribution in [2.75, 3.05) is 13.2 Å². The fraction of sp³-hybridized carbons (Fsp3) is 0.222. The number of hydrogen-bond acceptors (Lipinski definition) is 3. The van der Waals surface area contributed by atoms with Gasteiger partial charge in [0, 0.05) is 6.54 Å². The van der Waals surface area contributed by atoms with Gasteiger partial charge in [0.25, 0.3) is 11.8 Å². The standard InChI is InChI=1S/C18H18N2O2/c1-2-19(12-14-8-4-3-5-9-14)13-20-17(21)15-10-6-7-11-16(15)18(20)22/h3-11H,2,12-13H2,1H3. The Balaban J connectivity index is 1.75. The van der Waals surface area contributed by atoms with E-state index in [0.717, 1.165) is 6.54 Å². The first-order valence-electron chi connectivity index (χ1n) is 7.42. The zero-order valence-corrected chi connectivity index (χ0v) is 12.5. The molecule has 0 fully saturated rings. The third kappa shape index (κ3) is 2.65. The Morgan fingerprint density at radius 1 is 0.864 bits per heavy atom. The van der Waals surface area contributed by atoms with Crippen molar-refractivity contribution in [3.8, 4) is 0 Å². The van der Waals surface area contributed by atoms with Crippen molar-refractivity contribution in [2.45, 2.75) is 13.5 Å². The number of imide groups is 1. The average Bonchev–Trinajstić information content (AvgIpc) is 2.80. The van der Waals surface area contributed by atoms with Crippen molar-refractivity contribution in [2.24, 2.45) is 0 Å². The van der Waals surface area contributed by atoms with E-state index in [1.54, 1.807) is 24.3 Å². The highest BCUT2D eigenvalue weighted by Crippen LogP contribution is 2.22. The Morgan fingerprint density at radius 2 is 1.41 bits per heavy atom. The molecule has 0 saturated heterocycles. The minimum absolute atomic E-state index is 0.202. The minimum Gasteiger partial charge on any atom is -0.282 e. The van der Waals surface area contributed by atoms with Gasteiger partial charge in [-0.25, -0.2) is 0 Å². The van der Waals surface area contributed by atoms with Crippen LogP contribution in [0.25, 0.3) is 0 Å². The van der Waals surface area contributed by atoms with Gasteiger partial charge in [-0.05, 0) is 24.2 Å². The van der Waals surface area contributed by atoms with Crippen LogP contribution in [0.3, 0.4) is 0 Å². The molecule has 1 heterocycles. The summed E-state index contributed by atoms with van der Waals surface area (Å²) in [5.41, 5.74) is 2.17. The molecule has 4 heteroatoms. The maximum absolute atomic E-state index is 12.4. The number of benzene rings is 2. The molecule has 4 nitrogen and oxygen atoms in total. The lowest BCUT2D eigenvalue weighted by Crippen LogP contribution is -2.40. The molecule has 0 saturated carbocycles. The lowest BCUT2D eigenvalue weighted by Gasteiger charge is -2.25. The summed E-state index contributed by atoms with van der Waals surface area (Å²) in [4.78, 5) is 28.2. The number of carbonyl (C=O) groups is 2. The third-order valence-electron chi connectivity index (χ3n) is 3.92. The van der Waals surface area contributed by atoms with Gasteiger partial charge < -0.3 is 0 Å². The van der Waals surface area contributed by atoms with Crippen LogP contribution in [-0.4, -0.2) is 34.8 Å². The summed E-state index contributed by atoms with van der Waals surface area (Å²) in [7, 11) is 0. The normalized spacial score (nSPS) is 13.8. The molecule has 2 amide bonds. The van der Waals surface area contributed by atoms with E-state index in [0.29, 0.717) is 24.3 Å². The van der Waals surface area contributed by atoms with E-state index < -0.39 is 0 Å².